The molecule has 0 aliphatic rings. The molecule has 0 bridgehead atoms. The minimum atomic E-state index is -0.580. The number of hydrogen-bond acceptors (Lipinski definition) is 2. The minimum Gasteiger partial charge on any atom is -0.387 e. The van der Waals surface area contributed by atoms with E-state index in [9.17, 15) is 5.11 Å². The van der Waals surface area contributed by atoms with Crippen molar-refractivity contribution in [3.8, 4) is 0 Å². The van der Waals surface area contributed by atoms with Crippen molar-refractivity contribution in [2.45, 2.75) is 6.10 Å². The first-order valence-corrected chi connectivity index (χ1v) is 5.55. The number of fused-ring (bicyclic) bond motifs is 1. The van der Waals surface area contributed by atoms with Gasteiger partial charge in [0, 0.05) is 35.2 Å². The molecule has 1 atom stereocenters. The van der Waals surface area contributed by atoms with E-state index in [0.29, 0.717) is 0 Å². The van der Waals surface area contributed by atoms with Crippen LogP contribution in [0.5, 0.6) is 0 Å². The van der Waals surface area contributed by atoms with Gasteiger partial charge in [0.05, 0.1) is 6.10 Å². The average molecular weight is 269 g/mol. The van der Waals surface area contributed by atoms with Crippen molar-refractivity contribution in [1.82, 2.24) is 4.57 Å². The van der Waals surface area contributed by atoms with Gasteiger partial charge in [-0.25, -0.2) is 0 Å². The summed E-state index contributed by atoms with van der Waals surface area (Å²) >= 11 is 3.49. The molecule has 0 saturated heterocycles. The third-order valence-electron chi connectivity index (χ3n) is 2.57. The van der Waals surface area contributed by atoms with Crippen molar-refractivity contribution < 1.29 is 5.11 Å². The van der Waals surface area contributed by atoms with Crippen LogP contribution in [0.2, 0.25) is 0 Å². The molecule has 1 aromatic heterocycles. The fraction of sp³-hybridized carbons (Fsp3) is 0.273. The van der Waals surface area contributed by atoms with Crippen LogP contribution in [0, 0.1) is 0 Å². The van der Waals surface area contributed by atoms with Crippen molar-refractivity contribution in [2.75, 3.05) is 6.54 Å². The molecule has 0 aliphatic carbocycles. The van der Waals surface area contributed by atoms with Gasteiger partial charge < -0.3 is 15.4 Å². The van der Waals surface area contributed by atoms with E-state index in [2.05, 4.69) is 15.9 Å². The van der Waals surface area contributed by atoms with Crippen LogP contribution in [0.3, 0.4) is 0 Å². The second-order valence-corrected chi connectivity index (χ2v) is 4.47. The quantitative estimate of drug-likeness (QED) is 0.875. The lowest BCUT2D eigenvalue weighted by Crippen LogP contribution is -2.11. The number of aryl methyl sites for hydroxylation is 1. The second-order valence-electron chi connectivity index (χ2n) is 3.62. The predicted octanol–water partition coefficient (Wildman–Crippen LogP) is 1.93. The summed E-state index contributed by atoms with van der Waals surface area (Å²) in [5.41, 5.74) is 7.37. The lowest BCUT2D eigenvalue weighted by molar-refractivity contribution is 0.187. The first kappa shape index (κ1) is 10.7. The third-order valence-corrected chi connectivity index (χ3v) is 3.21. The normalized spacial score (nSPS) is 13.3. The maximum atomic E-state index is 9.64. The van der Waals surface area contributed by atoms with E-state index >= 15 is 0 Å². The zero-order valence-electron chi connectivity index (χ0n) is 8.44. The molecule has 3 nitrogen and oxygen atoms in total. The van der Waals surface area contributed by atoms with Crippen molar-refractivity contribution >= 4 is 26.8 Å². The van der Waals surface area contributed by atoms with Crippen molar-refractivity contribution in [3.63, 3.8) is 0 Å². The van der Waals surface area contributed by atoms with Gasteiger partial charge in [-0.1, -0.05) is 12.1 Å². The topological polar surface area (TPSA) is 51.2 Å². The van der Waals surface area contributed by atoms with Crippen LogP contribution < -0.4 is 5.73 Å². The van der Waals surface area contributed by atoms with Crippen molar-refractivity contribution in [3.05, 3.63) is 34.4 Å². The summed E-state index contributed by atoms with van der Waals surface area (Å²) in [5, 5.41) is 10.8. The molecular weight excluding hydrogens is 256 g/mol. The van der Waals surface area contributed by atoms with Crippen molar-refractivity contribution in [1.29, 1.82) is 0 Å². The molecule has 0 spiro atoms. The molecule has 4 heteroatoms. The van der Waals surface area contributed by atoms with Crippen LogP contribution in [0.1, 0.15) is 11.7 Å². The Morgan fingerprint density at radius 2 is 2.27 bits per heavy atom. The molecule has 0 amide bonds. The third kappa shape index (κ3) is 1.80. The van der Waals surface area contributed by atoms with Crippen LogP contribution >= 0.6 is 15.9 Å². The summed E-state index contributed by atoms with van der Waals surface area (Å²) in [5.74, 6) is 0. The molecule has 1 unspecified atom stereocenters. The van der Waals surface area contributed by atoms with Gasteiger partial charge >= 0.3 is 0 Å². The zero-order chi connectivity index (χ0) is 11.0. The number of rotatable bonds is 2. The lowest BCUT2D eigenvalue weighted by atomic mass is 10.1. The molecule has 0 saturated carbocycles. The largest absolute Gasteiger partial charge is 0.387 e. The number of aliphatic hydroxyl groups excluding tert-OH is 1. The molecule has 2 aromatic rings. The van der Waals surface area contributed by atoms with Gasteiger partial charge in [-0.05, 0) is 27.6 Å². The Balaban J connectivity index is 2.60. The Bertz CT molecular complexity index is 493. The maximum Gasteiger partial charge on any atom is 0.0912 e. The molecule has 1 aromatic carbocycles. The predicted molar refractivity (Wildman–Crippen MR) is 64.6 cm³/mol. The highest BCUT2D eigenvalue weighted by Gasteiger charge is 2.09. The van der Waals surface area contributed by atoms with E-state index in [0.717, 1.165) is 20.9 Å². The summed E-state index contributed by atoms with van der Waals surface area (Å²) in [6.45, 7) is 0.247. The number of nitrogens with two attached hydrogens (primary N) is 1. The summed E-state index contributed by atoms with van der Waals surface area (Å²) in [4.78, 5) is 0. The highest BCUT2D eigenvalue weighted by molar-refractivity contribution is 9.10. The summed E-state index contributed by atoms with van der Waals surface area (Å²) in [7, 11) is 1.98. The van der Waals surface area contributed by atoms with Crippen LogP contribution in [-0.2, 0) is 7.05 Å². The Hall–Kier alpha value is -0.840. The molecule has 2 rings (SSSR count). The van der Waals surface area contributed by atoms with Crippen LogP contribution in [0.25, 0.3) is 10.9 Å². The van der Waals surface area contributed by atoms with Gasteiger partial charge in [0.1, 0.15) is 0 Å². The van der Waals surface area contributed by atoms with E-state index in [1.54, 1.807) is 0 Å². The monoisotopic (exact) mass is 268 g/mol. The molecular formula is C11H13BrN2O. The summed E-state index contributed by atoms with van der Waals surface area (Å²) < 4.78 is 3.08. The summed E-state index contributed by atoms with van der Waals surface area (Å²) in [6, 6.07) is 5.87. The molecule has 15 heavy (non-hydrogen) atoms. The Morgan fingerprint density at radius 1 is 1.53 bits per heavy atom. The number of halogens is 1. The molecule has 0 radical (unpaired) electrons. The van der Waals surface area contributed by atoms with Crippen LogP contribution in [-0.4, -0.2) is 16.2 Å². The first-order chi connectivity index (χ1) is 7.13. The van der Waals surface area contributed by atoms with Crippen molar-refractivity contribution in [2.24, 2.45) is 12.8 Å². The Morgan fingerprint density at radius 3 is 2.93 bits per heavy atom. The molecule has 3 N–H and O–H groups in total. The standard InChI is InChI=1S/C11H13BrN2O/c1-14-6-9(12)8-3-2-7(4-10(8)14)11(15)5-13/h2-4,6,11,15H,5,13H2,1H3. The number of nitrogens with zero attached hydrogens (tertiary/aromatic N) is 1. The van der Waals surface area contributed by atoms with Gasteiger partial charge in [-0.2, -0.15) is 0 Å². The zero-order valence-corrected chi connectivity index (χ0v) is 10.0. The molecule has 0 fully saturated rings. The van der Waals surface area contributed by atoms with E-state index in [1.807, 2.05) is 36.0 Å². The average Bonchev–Trinajstić information content (AvgIpc) is 2.53. The molecule has 0 aliphatic heterocycles. The van der Waals surface area contributed by atoms with Gasteiger partial charge in [0.2, 0.25) is 0 Å². The summed E-state index contributed by atoms with van der Waals surface area (Å²) in [6.07, 6.45) is 1.42. The van der Waals surface area contributed by atoms with Gasteiger partial charge in [0.15, 0.2) is 0 Å². The maximum absolute atomic E-state index is 9.64. The van der Waals surface area contributed by atoms with E-state index < -0.39 is 6.10 Å². The van der Waals surface area contributed by atoms with E-state index in [-0.39, 0.29) is 6.54 Å². The van der Waals surface area contributed by atoms with Gasteiger partial charge in [0.25, 0.3) is 0 Å². The smallest absolute Gasteiger partial charge is 0.0912 e. The number of hydrogen-bond donors (Lipinski definition) is 2. The second kappa shape index (κ2) is 3.96. The number of benzene rings is 1. The van der Waals surface area contributed by atoms with Gasteiger partial charge in [-0.3, -0.25) is 0 Å². The lowest BCUT2D eigenvalue weighted by Gasteiger charge is -2.08. The number of aliphatic hydroxyl groups is 1. The fourth-order valence-corrected chi connectivity index (χ4v) is 2.34. The Kier molecular flexibility index (Phi) is 2.82. The molecule has 80 valence electrons. The Labute approximate surface area is 96.6 Å². The highest BCUT2D eigenvalue weighted by Crippen LogP contribution is 2.27. The molecule has 1 heterocycles. The van der Waals surface area contributed by atoms with Gasteiger partial charge in [-0.15, -0.1) is 0 Å². The van der Waals surface area contributed by atoms with E-state index in [1.165, 1.54) is 0 Å². The fourth-order valence-electron chi connectivity index (χ4n) is 1.69. The van der Waals surface area contributed by atoms with Crippen LogP contribution in [0.4, 0.5) is 0 Å². The first-order valence-electron chi connectivity index (χ1n) is 4.76. The van der Waals surface area contributed by atoms with Crippen LogP contribution in [0.15, 0.2) is 28.9 Å². The SMILES string of the molecule is Cn1cc(Br)c2ccc(C(O)CN)cc21. The minimum absolute atomic E-state index is 0.247. The highest BCUT2D eigenvalue weighted by atomic mass is 79.9. The number of aromatic nitrogens is 1. The van der Waals surface area contributed by atoms with E-state index in [4.69, 9.17) is 5.73 Å².